The molecule has 19 heavy (non-hydrogen) atoms. The van der Waals surface area contributed by atoms with Crippen molar-refractivity contribution in [3.05, 3.63) is 58.3 Å². The van der Waals surface area contributed by atoms with Crippen LogP contribution in [0.2, 0.25) is 5.02 Å². The highest BCUT2D eigenvalue weighted by atomic mass is 35.5. The zero-order valence-corrected chi connectivity index (χ0v) is 11.8. The van der Waals surface area contributed by atoms with E-state index < -0.39 is 0 Å². The number of benzene rings is 1. The third-order valence-corrected chi connectivity index (χ3v) is 3.57. The first-order valence-corrected chi connectivity index (χ1v) is 6.71. The van der Waals surface area contributed by atoms with E-state index in [2.05, 4.69) is 5.32 Å². The van der Waals surface area contributed by atoms with Crippen LogP contribution in [0.1, 0.15) is 29.9 Å². The fourth-order valence-corrected chi connectivity index (χ4v) is 2.44. The maximum Gasteiger partial charge on any atom is 0.145 e. The molecule has 1 unspecified atom stereocenters. The van der Waals surface area contributed by atoms with Crippen LogP contribution < -0.4 is 5.32 Å². The minimum atomic E-state index is -0.342. The number of likely N-dealkylation sites (N-methyl/N-ethyl adjacent to an activating group) is 1. The molecule has 102 valence electrons. The van der Waals surface area contributed by atoms with Gasteiger partial charge in [-0.15, -0.1) is 0 Å². The minimum absolute atomic E-state index is 0.0154. The summed E-state index contributed by atoms with van der Waals surface area (Å²) in [6, 6.07) is 7.04. The predicted molar refractivity (Wildman–Crippen MR) is 75.0 cm³/mol. The molecule has 0 saturated heterocycles. The standard InChI is InChI=1S/C15H17ClFNO/c1-3-14-11(7-8-19-14)13(18-2)9-10-5-4-6-12(16)15(10)17/h4-8,13,18H,3,9H2,1-2H3. The summed E-state index contributed by atoms with van der Waals surface area (Å²) in [5.74, 6) is 0.591. The molecular formula is C15H17ClFNO. The van der Waals surface area contributed by atoms with Crippen LogP contribution in [-0.4, -0.2) is 7.05 Å². The molecule has 0 radical (unpaired) electrons. The second-order valence-electron chi connectivity index (χ2n) is 4.41. The van der Waals surface area contributed by atoms with Gasteiger partial charge in [0, 0.05) is 18.0 Å². The Balaban J connectivity index is 2.27. The molecule has 4 heteroatoms. The lowest BCUT2D eigenvalue weighted by Gasteiger charge is -2.17. The van der Waals surface area contributed by atoms with E-state index >= 15 is 0 Å². The first-order valence-electron chi connectivity index (χ1n) is 6.33. The highest BCUT2D eigenvalue weighted by Gasteiger charge is 2.18. The molecule has 2 aromatic rings. The van der Waals surface area contributed by atoms with Gasteiger partial charge in [-0.25, -0.2) is 4.39 Å². The van der Waals surface area contributed by atoms with E-state index in [1.54, 1.807) is 24.5 Å². The van der Waals surface area contributed by atoms with Crippen LogP contribution in [0.4, 0.5) is 4.39 Å². The molecule has 0 bridgehead atoms. The first kappa shape index (κ1) is 14.1. The highest BCUT2D eigenvalue weighted by Crippen LogP contribution is 2.26. The Morgan fingerprint density at radius 1 is 1.37 bits per heavy atom. The van der Waals surface area contributed by atoms with Crippen molar-refractivity contribution in [3.63, 3.8) is 0 Å². The molecule has 1 atom stereocenters. The van der Waals surface area contributed by atoms with E-state index in [9.17, 15) is 4.39 Å². The topological polar surface area (TPSA) is 25.2 Å². The van der Waals surface area contributed by atoms with E-state index in [4.69, 9.17) is 16.0 Å². The molecule has 0 saturated carbocycles. The van der Waals surface area contributed by atoms with Gasteiger partial charge in [-0.1, -0.05) is 30.7 Å². The molecule has 0 spiro atoms. The maximum atomic E-state index is 13.9. The average Bonchev–Trinajstić information content (AvgIpc) is 2.88. The van der Waals surface area contributed by atoms with Gasteiger partial charge in [0.1, 0.15) is 11.6 Å². The van der Waals surface area contributed by atoms with Crippen molar-refractivity contribution in [2.45, 2.75) is 25.8 Å². The fraction of sp³-hybridized carbons (Fsp3) is 0.333. The number of hydrogen-bond acceptors (Lipinski definition) is 2. The Kier molecular flexibility index (Phi) is 4.61. The summed E-state index contributed by atoms with van der Waals surface area (Å²) < 4.78 is 19.4. The largest absolute Gasteiger partial charge is 0.469 e. The zero-order valence-electron chi connectivity index (χ0n) is 11.0. The number of halogens is 2. The summed E-state index contributed by atoms with van der Waals surface area (Å²) in [5.41, 5.74) is 1.68. The van der Waals surface area contributed by atoms with Crippen molar-refractivity contribution >= 4 is 11.6 Å². The highest BCUT2D eigenvalue weighted by molar-refractivity contribution is 6.30. The lowest BCUT2D eigenvalue weighted by molar-refractivity contribution is 0.492. The van der Waals surface area contributed by atoms with Crippen molar-refractivity contribution in [1.29, 1.82) is 0 Å². The quantitative estimate of drug-likeness (QED) is 0.891. The van der Waals surface area contributed by atoms with Gasteiger partial charge in [0.05, 0.1) is 11.3 Å². The average molecular weight is 282 g/mol. The van der Waals surface area contributed by atoms with Crippen molar-refractivity contribution in [2.75, 3.05) is 7.05 Å². The SMILES string of the molecule is CCc1occc1C(Cc1cccc(Cl)c1F)NC. The Hall–Kier alpha value is -1.32. The van der Waals surface area contributed by atoms with E-state index in [-0.39, 0.29) is 16.9 Å². The molecule has 0 aliphatic carbocycles. The Morgan fingerprint density at radius 3 is 2.84 bits per heavy atom. The number of hydrogen-bond donors (Lipinski definition) is 1. The molecule has 1 aromatic heterocycles. The van der Waals surface area contributed by atoms with Gasteiger partial charge in [-0.3, -0.25) is 0 Å². The number of aryl methyl sites for hydroxylation is 1. The molecule has 1 aromatic carbocycles. The van der Waals surface area contributed by atoms with E-state index in [0.29, 0.717) is 12.0 Å². The van der Waals surface area contributed by atoms with E-state index in [0.717, 1.165) is 17.7 Å². The lowest BCUT2D eigenvalue weighted by Crippen LogP contribution is -2.20. The summed E-state index contributed by atoms with van der Waals surface area (Å²) in [4.78, 5) is 0. The summed E-state index contributed by atoms with van der Waals surface area (Å²) >= 11 is 5.81. The zero-order chi connectivity index (χ0) is 13.8. The van der Waals surface area contributed by atoms with Gasteiger partial charge < -0.3 is 9.73 Å². The fourth-order valence-electron chi connectivity index (χ4n) is 2.24. The predicted octanol–water partition coefficient (Wildman–Crippen LogP) is 4.14. The van der Waals surface area contributed by atoms with Crippen LogP contribution in [-0.2, 0) is 12.8 Å². The monoisotopic (exact) mass is 281 g/mol. The second kappa shape index (κ2) is 6.22. The van der Waals surface area contributed by atoms with Crippen LogP contribution in [0, 0.1) is 5.82 Å². The minimum Gasteiger partial charge on any atom is -0.469 e. The Labute approximate surface area is 117 Å². The molecule has 2 rings (SSSR count). The molecule has 1 N–H and O–H groups in total. The maximum absolute atomic E-state index is 13.9. The molecule has 0 aliphatic heterocycles. The van der Waals surface area contributed by atoms with Gasteiger partial charge in [0.2, 0.25) is 0 Å². The molecule has 0 aliphatic rings. The van der Waals surface area contributed by atoms with Gasteiger partial charge in [0.25, 0.3) is 0 Å². The van der Waals surface area contributed by atoms with Crippen molar-refractivity contribution < 1.29 is 8.81 Å². The van der Waals surface area contributed by atoms with Gasteiger partial charge in [-0.05, 0) is 31.2 Å². The van der Waals surface area contributed by atoms with Gasteiger partial charge >= 0.3 is 0 Å². The molecule has 2 nitrogen and oxygen atoms in total. The van der Waals surface area contributed by atoms with Crippen LogP contribution in [0.5, 0.6) is 0 Å². The molecular weight excluding hydrogens is 265 g/mol. The molecule has 1 heterocycles. The van der Waals surface area contributed by atoms with E-state index in [1.165, 1.54) is 0 Å². The van der Waals surface area contributed by atoms with Crippen LogP contribution in [0.3, 0.4) is 0 Å². The molecule has 0 amide bonds. The number of furan rings is 1. The third-order valence-electron chi connectivity index (χ3n) is 3.28. The molecule has 0 fully saturated rings. The Morgan fingerprint density at radius 2 is 2.16 bits per heavy atom. The smallest absolute Gasteiger partial charge is 0.145 e. The Bertz CT molecular complexity index is 553. The van der Waals surface area contributed by atoms with Crippen molar-refractivity contribution in [1.82, 2.24) is 5.32 Å². The van der Waals surface area contributed by atoms with Gasteiger partial charge in [0.15, 0.2) is 0 Å². The second-order valence-corrected chi connectivity index (χ2v) is 4.82. The summed E-state index contributed by atoms with van der Waals surface area (Å²) in [5, 5.41) is 3.37. The third kappa shape index (κ3) is 2.99. The number of rotatable bonds is 5. The summed E-state index contributed by atoms with van der Waals surface area (Å²) in [7, 11) is 1.86. The summed E-state index contributed by atoms with van der Waals surface area (Å²) in [6.45, 7) is 2.04. The summed E-state index contributed by atoms with van der Waals surface area (Å²) in [6.07, 6.45) is 3.03. The van der Waals surface area contributed by atoms with Crippen LogP contribution in [0.25, 0.3) is 0 Å². The van der Waals surface area contributed by atoms with Crippen molar-refractivity contribution in [2.24, 2.45) is 0 Å². The number of nitrogens with one attached hydrogen (secondary N) is 1. The van der Waals surface area contributed by atoms with Crippen molar-refractivity contribution in [3.8, 4) is 0 Å². The van der Waals surface area contributed by atoms with Crippen LogP contribution >= 0.6 is 11.6 Å². The van der Waals surface area contributed by atoms with E-state index in [1.807, 2.05) is 20.0 Å². The normalized spacial score (nSPS) is 12.6. The van der Waals surface area contributed by atoms with Crippen LogP contribution in [0.15, 0.2) is 34.9 Å². The first-order chi connectivity index (χ1) is 9.17. The van der Waals surface area contributed by atoms with Gasteiger partial charge in [-0.2, -0.15) is 0 Å². The lowest BCUT2D eigenvalue weighted by atomic mass is 9.98.